The molecule has 0 saturated heterocycles. The van der Waals surface area contributed by atoms with E-state index in [1.54, 1.807) is 5.57 Å². The van der Waals surface area contributed by atoms with Gasteiger partial charge in [-0.3, -0.25) is 0 Å². The van der Waals surface area contributed by atoms with Crippen LogP contribution in [0.15, 0.2) is 23.8 Å². The van der Waals surface area contributed by atoms with Crippen molar-refractivity contribution in [2.45, 2.75) is 65.2 Å². The van der Waals surface area contributed by atoms with E-state index in [1.807, 2.05) is 0 Å². The molecule has 1 saturated carbocycles. The summed E-state index contributed by atoms with van der Waals surface area (Å²) in [4.78, 5) is 0. The molecule has 0 aromatic heterocycles. The van der Waals surface area contributed by atoms with E-state index in [1.165, 1.54) is 51.4 Å². The van der Waals surface area contributed by atoms with Crippen molar-refractivity contribution < 1.29 is 0 Å². The van der Waals surface area contributed by atoms with Gasteiger partial charge in [-0.2, -0.15) is 0 Å². The van der Waals surface area contributed by atoms with Crippen molar-refractivity contribution in [3.63, 3.8) is 0 Å². The largest absolute Gasteiger partial charge is 0.0845 e. The lowest BCUT2D eigenvalue weighted by molar-refractivity contribution is 0.451. The highest BCUT2D eigenvalue weighted by Crippen LogP contribution is 2.43. The fraction of sp³-hybridized carbons (Fsp3) is 0.765. The molecule has 2 aliphatic carbocycles. The Bertz CT molecular complexity index is 282. The predicted octanol–water partition coefficient (Wildman–Crippen LogP) is 5.51. The Hall–Kier alpha value is -0.520. The number of fused-ring (bicyclic) bond motifs is 1. The van der Waals surface area contributed by atoms with Crippen molar-refractivity contribution in [2.75, 3.05) is 0 Å². The van der Waals surface area contributed by atoms with E-state index < -0.39 is 0 Å². The van der Waals surface area contributed by atoms with Crippen LogP contribution in [-0.4, -0.2) is 0 Å². The van der Waals surface area contributed by atoms with Crippen molar-refractivity contribution in [2.24, 2.45) is 17.8 Å². The van der Waals surface area contributed by atoms with Gasteiger partial charge in [0.1, 0.15) is 0 Å². The average molecular weight is 232 g/mol. The first-order valence-electron chi connectivity index (χ1n) is 7.65. The molecule has 0 aromatic rings. The molecule has 2 unspecified atom stereocenters. The predicted molar refractivity (Wildman–Crippen MR) is 76.0 cm³/mol. The fourth-order valence-corrected chi connectivity index (χ4v) is 3.59. The molecule has 0 aliphatic heterocycles. The Morgan fingerprint density at radius 1 is 1.00 bits per heavy atom. The zero-order chi connectivity index (χ0) is 12.1. The van der Waals surface area contributed by atoms with E-state index in [-0.39, 0.29) is 0 Å². The highest BCUT2D eigenvalue weighted by Gasteiger charge is 2.31. The van der Waals surface area contributed by atoms with E-state index in [0.717, 1.165) is 17.8 Å². The van der Waals surface area contributed by atoms with Gasteiger partial charge in [0.15, 0.2) is 0 Å². The van der Waals surface area contributed by atoms with Crippen LogP contribution in [0.2, 0.25) is 0 Å². The first-order valence-corrected chi connectivity index (χ1v) is 7.65. The molecule has 0 nitrogen and oxygen atoms in total. The van der Waals surface area contributed by atoms with Crippen LogP contribution in [0.4, 0.5) is 0 Å². The summed E-state index contributed by atoms with van der Waals surface area (Å²) in [6.07, 6.45) is 18.5. The minimum atomic E-state index is 0.824. The summed E-state index contributed by atoms with van der Waals surface area (Å²) >= 11 is 0. The van der Waals surface area contributed by atoms with Crippen LogP contribution in [0.3, 0.4) is 0 Å². The van der Waals surface area contributed by atoms with Crippen LogP contribution >= 0.6 is 0 Å². The minimum Gasteiger partial charge on any atom is -0.0845 e. The lowest BCUT2D eigenvalue weighted by atomic mass is 9.86. The molecule has 2 aliphatic rings. The fourth-order valence-electron chi connectivity index (χ4n) is 3.59. The van der Waals surface area contributed by atoms with Gasteiger partial charge in [-0.1, -0.05) is 56.9 Å². The molecule has 0 heteroatoms. The number of hydrogen-bond donors (Lipinski definition) is 0. The topological polar surface area (TPSA) is 0 Å². The van der Waals surface area contributed by atoms with E-state index in [4.69, 9.17) is 0 Å². The summed E-state index contributed by atoms with van der Waals surface area (Å²) in [5.74, 6) is 2.60. The second-order valence-electron chi connectivity index (χ2n) is 6.21. The maximum atomic E-state index is 2.47. The Morgan fingerprint density at radius 3 is 2.65 bits per heavy atom. The van der Waals surface area contributed by atoms with Gasteiger partial charge in [-0.15, -0.1) is 0 Å². The van der Waals surface area contributed by atoms with Gasteiger partial charge in [-0.25, -0.2) is 0 Å². The van der Waals surface area contributed by atoms with Gasteiger partial charge in [0.2, 0.25) is 0 Å². The maximum Gasteiger partial charge on any atom is -0.0174 e. The molecule has 0 amide bonds. The quantitative estimate of drug-likeness (QED) is 0.559. The third-order valence-corrected chi connectivity index (χ3v) is 4.63. The standard InChI is InChI=1S/C17H28/c1-14(2)16-13-12-15-10-8-6-4-3-5-7-9-11-17(15)16/h7,9,11,14-16H,3-6,8,10,12-13H2,1-2H3/b9-7+,17-11?. The molecule has 2 rings (SSSR count). The van der Waals surface area contributed by atoms with Crippen LogP contribution < -0.4 is 0 Å². The summed E-state index contributed by atoms with van der Waals surface area (Å²) in [6, 6.07) is 0. The lowest BCUT2D eigenvalue weighted by Gasteiger charge is -2.19. The van der Waals surface area contributed by atoms with Crippen molar-refractivity contribution in [1.82, 2.24) is 0 Å². The van der Waals surface area contributed by atoms with Gasteiger partial charge in [0.25, 0.3) is 0 Å². The van der Waals surface area contributed by atoms with Gasteiger partial charge in [0.05, 0.1) is 0 Å². The number of allylic oxidation sites excluding steroid dienone is 4. The molecule has 1 fully saturated rings. The second-order valence-corrected chi connectivity index (χ2v) is 6.21. The van der Waals surface area contributed by atoms with Gasteiger partial charge < -0.3 is 0 Å². The Morgan fingerprint density at radius 2 is 1.82 bits per heavy atom. The SMILES string of the molecule is CC(C)C1CCC2CCCCCC/C=C/C=C21. The van der Waals surface area contributed by atoms with Crippen LogP contribution in [0.25, 0.3) is 0 Å². The normalized spacial score (nSPS) is 32.8. The molecule has 0 spiro atoms. The van der Waals surface area contributed by atoms with Crippen LogP contribution in [-0.2, 0) is 0 Å². The molecule has 2 atom stereocenters. The molecule has 0 heterocycles. The monoisotopic (exact) mass is 232 g/mol. The number of rotatable bonds is 1. The molecule has 96 valence electrons. The van der Waals surface area contributed by atoms with Gasteiger partial charge in [-0.05, 0) is 49.9 Å². The third-order valence-electron chi connectivity index (χ3n) is 4.63. The summed E-state index contributed by atoms with van der Waals surface area (Å²) in [5.41, 5.74) is 1.78. The molecule has 0 aromatic carbocycles. The Labute approximate surface area is 107 Å². The first-order chi connectivity index (χ1) is 8.29. The van der Waals surface area contributed by atoms with E-state index >= 15 is 0 Å². The second kappa shape index (κ2) is 6.42. The highest BCUT2D eigenvalue weighted by molar-refractivity contribution is 5.22. The van der Waals surface area contributed by atoms with Crippen LogP contribution in [0, 0.1) is 17.8 Å². The zero-order valence-corrected chi connectivity index (χ0v) is 11.6. The highest BCUT2D eigenvalue weighted by atomic mass is 14.4. The van der Waals surface area contributed by atoms with Gasteiger partial charge in [0, 0.05) is 0 Å². The van der Waals surface area contributed by atoms with Crippen molar-refractivity contribution >= 4 is 0 Å². The summed E-state index contributed by atoms with van der Waals surface area (Å²) in [6.45, 7) is 4.78. The van der Waals surface area contributed by atoms with E-state index in [9.17, 15) is 0 Å². The first kappa shape index (κ1) is 12.9. The van der Waals surface area contributed by atoms with Crippen LogP contribution in [0.5, 0.6) is 0 Å². The smallest absolute Gasteiger partial charge is 0.0174 e. The molecule has 17 heavy (non-hydrogen) atoms. The average Bonchev–Trinajstić information content (AvgIpc) is 2.68. The summed E-state index contributed by atoms with van der Waals surface area (Å²) in [7, 11) is 0. The molecule has 0 bridgehead atoms. The molecular weight excluding hydrogens is 204 g/mol. The van der Waals surface area contributed by atoms with Crippen molar-refractivity contribution in [1.29, 1.82) is 0 Å². The van der Waals surface area contributed by atoms with Gasteiger partial charge >= 0.3 is 0 Å². The van der Waals surface area contributed by atoms with E-state index in [0.29, 0.717) is 0 Å². The molecule has 0 radical (unpaired) electrons. The number of hydrogen-bond acceptors (Lipinski definition) is 0. The zero-order valence-electron chi connectivity index (χ0n) is 11.6. The Balaban J connectivity index is 2.10. The summed E-state index contributed by atoms with van der Waals surface area (Å²) in [5, 5.41) is 0. The van der Waals surface area contributed by atoms with Crippen molar-refractivity contribution in [3.05, 3.63) is 23.8 Å². The Kier molecular flexibility index (Phi) is 4.88. The van der Waals surface area contributed by atoms with E-state index in [2.05, 4.69) is 32.1 Å². The minimum absolute atomic E-state index is 0.824. The molecular formula is C17H28. The maximum absolute atomic E-state index is 2.47. The summed E-state index contributed by atoms with van der Waals surface area (Å²) < 4.78 is 0. The molecule has 0 N–H and O–H groups in total. The lowest BCUT2D eigenvalue weighted by Crippen LogP contribution is -2.08. The van der Waals surface area contributed by atoms with Crippen LogP contribution in [0.1, 0.15) is 65.2 Å². The third kappa shape index (κ3) is 3.47. The van der Waals surface area contributed by atoms with Crippen molar-refractivity contribution in [3.8, 4) is 0 Å².